The van der Waals surface area contributed by atoms with Crippen molar-refractivity contribution >= 4 is 35.4 Å². The van der Waals surface area contributed by atoms with Gasteiger partial charge in [-0.1, -0.05) is 52.5 Å². The zero-order valence-corrected chi connectivity index (χ0v) is 29.7. The summed E-state index contributed by atoms with van der Waals surface area (Å²) >= 11 is 0. The molecule has 12 nitrogen and oxygen atoms in total. The average molecular weight is 725 g/mol. The summed E-state index contributed by atoms with van der Waals surface area (Å²) in [7, 11) is 0. The Bertz CT molecular complexity index is 1460. The number of carbonyl (C=O) groups excluding carboxylic acids is 5. The molecule has 0 heterocycles. The minimum atomic E-state index is -2.54. The minimum Gasteiger partial charge on any atom is -0.478 e. The first-order valence-electron chi connectivity index (χ1n) is 17.9. The van der Waals surface area contributed by atoms with Gasteiger partial charge in [0.1, 0.15) is 12.3 Å². The number of aliphatic hydroxyl groups is 2. The molecule has 0 saturated heterocycles. The third-order valence-corrected chi connectivity index (χ3v) is 11.7. The second kappa shape index (κ2) is 15.6. The Labute approximate surface area is 295 Å². The Balaban J connectivity index is 1.61. The standard InChI is InChI=1S/C37H50F2O12/c1-5-7-9-10-12-30(44)50-26(33(47)48)18-32(46)49-20-29(43)37(51-31(45)11-8-6-2)27(41)17-22-23-16-25(38)24-15-21(40)13-14-34(24,3)36(23,39)28(42)19-35(22,37)4/h13-15,22-23,25-28,41-42H,5-12,16-20H2,1-4H3,(H,47,48). The highest BCUT2D eigenvalue weighted by Crippen LogP contribution is 2.70. The Hall–Kier alpha value is -3.52. The van der Waals surface area contributed by atoms with Gasteiger partial charge in [0.25, 0.3) is 0 Å². The van der Waals surface area contributed by atoms with Crippen molar-refractivity contribution in [1.82, 2.24) is 0 Å². The Kier molecular flexibility index (Phi) is 12.3. The molecule has 0 aromatic rings. The number of carbonyl (C=O) groups is 6. The van der Waals surface area contributed by atoms with E-state index in [1.165, 1.54) is 19.9 Å². The number of aliphatic carboxylic acids is 1. The third kappa shape index (κ3) is 7.14. The number of ketones is 2. The van der Waals surface area contributed by atoms with E-state index in [0.29, 0.717) is 19.3 Å². The zero-order chi connectivity index (χ0) is 37.9. The fourth-order valence-electron chi connectivity index (χ4n) is 9.06. The zero-order valence-electron chi connectivity index (χ0n) is 29.7. The minimum absolute atomic E-state index is 0.0534. The van der Waals surface area contributed by atoms with Gasteiger partial charge in [0.05, 0.1) is 12.5 Å². The number of alkyl halides is 2. The van der Waals surface area contributed by atoms with Gasteiger partial charge in [0, 0.05) is 29.6 Å². The van der Waals surface area contributed by atoms with Gasteiger partial charge in [-0.15, -0.1) is 0 Å². The number of esters is 3. The van der Waals surface area contributed by atoms with Crippen LogP contribution in [0.15, 0.2) is 23.8 Å². The number of rotatable bonds is 16. The molecule has 4 aliphatic carbocycles. The molecule has 0 amide bonds. The lowest BCUT2D eigenvalue weighted by molar-refractivity contribution is -0.235. The predicted molar refractivity (Wildman–Crippen MR) is 175 cm³/mol. The van der Waals surface area contributed by atoms with Crippen LogP contribution in [0, 0.1) is 22.7 Å². The lowest BCUT2D eigenvalue weighted by Gasteiger charge is -2.63. The summed E-state index contributed by atoms with van der Waals surface area (Å²) in [6, 6.07) is 0. The number of halogens is 2. The summed E-state index contributed by atoms with van der Waals surface area (Å²) in [5.41, 5.74) is -8.56. The molecule has 0 radical (unpaired) electrons. The van der Waals surface area contributed by atoms with Crippen molar-refractivity contribution in [1.29, 1.82) is 0 Å². The maximum atomic E-state index is 17.6. The first-order valence-corrected chi connectivity index (χ1v) is 17.9. The number of unbranched alkanes of at least 4 members (excludes halogenated alkanes) is 4. The molecule has 3 saturated carbocycles. The van der Waals surface area contributed by atoms with Gasteiger partial charge in [-0.3, -0.25) is 24.0 Å². The summed E-state index contributed by atoms with van der Waals surface area (Å²) in [5, 5.41) is 32.9. The van der Waals surface area contributed by atoms with Gasteiger partial charge in [-0.05, 0) is 62.7 Å². The smallest absolute Gasteiger partial charge is 0.345 e. The van der Waals surface area contributed by atoms with Crippen LogP contribution < -0.4 is 0 Å². The van der Waals surface area contributed by atoms with Crippen molar-refractivity contribution in [3.05, 3.63) is 23.8 Å². The molecule has 0 spiro atoms. The number of hydrogen-bond donors (Lipinski definition) is 3. The van der Waals surface area contributed by atoms with Crippen LogP contribution in [0.5, 0.6) is 0 Å². The lowest BCUT2D eigenvalue weighted by Crippen LogP contribution is -2.71. The van der Waals surface area contributed by atoms with Gasteiger partial charge in [0.2, 0.25) is 17.5 Å². The van der Waals surface area contributed by atoms with E-state index in [-0.39, 0.29) is 24.8 Å². The number of aliphatic hydroxyl groups excluding tert-OH is 2. The van der Waals surface area contributed by atoms with Crippen molar-refractivity contribution < 1.29 is 67.1 Å². The van der Waals surface area contributed by atoms with Gasteiger partial charge >= 0.3 is 23.9 Å². The average Bonchev–Trinajstić information content (AvgIpc) is 3.28. The summed E-state index contributed by atoms with van der Waals surface area (Å²) in [5.74, 6) is -8.51. The quantitative estimate of drug-likeness (QED) is 0.117. The van der Waals surface area contributed by atoms with Crippen LogP contribution in [-0.2, 0) is 43.0 Å². The van der Waals surface area contributed by atoms with Crippen LogP contribution in [0.4, 0.5) is 8.78 Å². The molecule has 4 aliphatic rings. The van der Waals surface area contributed by atoms with Crippen LogP contribution in [0.2, 0.25) is 0 Å². The Morgan fingerprint density at radius 2 is 1.59 bits per heavy atom. The molecule has 0 bridgehead atoms. The van der Waals surface area contributed by atoms with Crippen molar-refractivity contribution in [2.24, 2.45) is 22.7 Å². The summed E-state index contributed by atoms with van der Waals surface area (Å²) in [6.07, 6.45) is -2.52. The molecule has 0 aromatic heterocycles. The molecule has 10 unspecified atom stereocenters. The van der Waals surface area contributed by atoms with E-state index in [1.807, 2.05) is 13.8 Å². The highest BCUT2D eigenvalue weighted by atomic mass is 19.1. The summed E-state index contributed by atoms with van der Waals surface area (Å²) in [4.78, 5) is 76.4. The molecule has 0 aliphatic heterocycles. The molecule has 3 N–H and O–H groups in total. The number of allylic oxidation sites excluding steroid dienone is 4. The van der Waals surface area contributed by atoms with E-state index in [4.69, 9.17) is 14.2 Å². The van der Waals surface area contributed by atoms with Gasteiger partial charge < -0.3 is 29.5 Å². The number of carboxylic acids is 1. The van der Waals surface area contributed by atoms with E-state index < -0.39 is 120 Å². The van der Waals surface area contributed by atoms with Crippen molar-refractivity contribution in [2.45, 2.75) is 140 Å². The maximum absolute atomic E-state index is 17.6. The first kappa shape index (κ1) is 40.3. The molecule has 3 fully saturated rings. The van der Waals surface area contributed by atoms with Gasteiger partial charge in [-0.25, -0.2) is 13.6 Å². The molecule has 10 atom stereocenters. The molecule has 14 heteroatoms. The topological polar surface area (TPSA) is 191 Å². The normalized spacial score (nSPS) is 35.8. The Morgan fingerprint density at radius 3 is 2.24 bits per heavy atom. The SMILES string of the molecule is CCCCCCC(=O)OC(CC(=O)OCC(=O)C1(OC(=O)CCCC)C(O)CC2C3CC(F)C4=CC(=O)C=CC4(C)C3(F)C(O)CC21C)C(=O)O. The Morgan fingerprint density at radius 1 is 0.922 bits per heavy atom. The van der Waals surface area contributed by atoms with E-state index in [0.717, 1.165) is 31.4 Å². The van der Waals surface area contributed by atoms with Crippen molar-refractivity contribution in [3.8, 4) is 0 Å². The van der Waals surface area contributed by atoms with Crippen LogP contribution in [0.1, 0.15) is 105 Å². The third-order valence-electron chi connectivity index (χ3n) is 11.7. The highest BCUT2D eigenvalue weighted by Gasteiger charge is 2.78. The molecular weight excluding hydrogens is 674 g/mol. The summed E-state index contributed by atoms with van der Waals surface area (Å²) < 4.78 is 49.5. The van der Waals surface area contributed by atoms with E-state index in [2.05, 4.69) is 0 Å². The van der Waals surface area contributed by atoms with Gasteiger partial charge in [0.15, 0.2) is 18.1 Å². The second-order valence-corrected chi connectivity index (χ2v) is 14.8. The molecule has 51 heavy (non-hydrogen) atoms. The van der Waals surface area contributed by atoms with Gasteiger partial charge in [-0.2, -0.15) is 0 Å². The highest BCUT2D eigenvalue weighted by molar-refractivity contribution is 6.01. The second-order valence-electron chi connectivity index (χ2n) is 14.8. The monoisotopic (exact) mass is 724 g/mol. The molecule has 4 rings (SSSR count). The molecule has 284 valence electrons. The number of carboxylic acid groups (broad SMARTS) is 1. The van der Waals surface area contributed by atoms with Crippen molar-refractivity contribution in [2.75, 3.05) is 6.61 Å². The maximum Gasteiger partial charge on any atom is 0.345 e. The van der Waals surface area contributed by atoms with Crippen molar-refractivity contribution in [3.63, 3.8) is 0 Å². The number of hydrogen-bond acceptors (Lipinski definition) is 11. The fourth-order valence-corrected chi connectivity index (χ4v) is 9.06. The predicted octanol–water partition coefficient (Wildman–Crippen LogP) is 4.22. The fraction of sp³-hybridized carbons (Fsp3) is 0.730. The van der Waals surface area contributed by atoms with Crippen LogP contribution in [-0.4, -0.2) is 93.1 Å². The first-order chi connectivity index (χ1) is 23.9. The number of ether oxygens (including phenoxy) is 3. The van der Waals surface area contributed by atoms with Crippen LogP contribution in [0.3, 0.4) is 0 Å². The van der Waals surface area contributed by atoms with E-state index in [1.54, 1.807) is 0 Å². The number of Topliss-reactive ketones (excluding diaryl/α,β-unsaturated/α-hetero) is 1. The molecule has 0 aromatic carbocycles. The van der Waals surface area contributed by atoms with Crippen LogP contribution >= 0.6 is 0 Å². The van der Waals surface area contributed by atoms with E-state index in [9.17, 15) is 44.1 Å². The molecular formula is C37H50F2O12. The van der Waals surface area contributed by atoms with Crippen LogP contribution in [0.25, 0.3) is 0 Å². The van der Waals surface area contributed by atoms with E-state index >= 15 is 8.78 Å². The largest absolute Gasteiger partial charge is 0.478 e. The summed E-state index contributed by atoms with van der Waals surface area (Å²) in [6.45, 7) is 5.53. The lowest BCUT2D eigenvalue weighted by atomic mass is 9.44. The number of fused-ring (bicyclic) bond motifs is 5.